The molecule has 3 aromatic carbocycles. The summed E-state index contributed by atoms with van der Waals surface area (Å²) in [6.07, 6.45) is 0. The molecule has 0 spiro atoms. The lowest BCUT2D eigenvalue weighted by Crippen LogP contribution is -2.68. The molecule has 136 valence electrons. The van der Waals surface area contributed by atoms with Gasteiger partial charge in [-0.25, -0.2) is 23.1 Å². The molecule has 0 aliphatic heterocycles. The summed E-state index contributed by atoms with van der Waals surface area (Å²) in [5, 5.41) is 1.13. The Morgan fingerprint density at radius 1 is 0.593 bits per heavy atom. The van der Waals surface area contributed by atoms with E-state index in [0.717, 1.165) is 22.3 Å². The Bertz CT molecular complexity index is 1010. The molecule has 0 bridgehead atoms. The van der Waals surface area contributed by atoms with Gasteiger partial charge >= 0.3 is 11.3 Å². The topological polar surface area (TPSA) is 104 Å². The van der Waals surface area contributed by atoms with Gasteiger partial charge in [0.2, 0.25) is 0 Å². The van der Waals surface area contributed by atoms with Crippen molar-refractivity contribution < 1.29 is 33.3 Å². The first-order valence-corrected chi connectivity index (χ1v) is 9.24. The number of para-hydroxylation sites is 1. The summed E-state index contributed by atoms with van der Waals surface area (Å²) in [5.74, 6) is 0.887. The number of rotatable bonds is 2. The fourth-order valence-corrected chi connectivity index (χ4v) is 2.74. The molecule has 1 heterocycles. The molecule has 27 heavy (non-hydrogen) atoms. The Morgan fingerprint density at radius 2 is 1.07 bits per heavy atom. The molecule has 0 radical (unpaired) electrons. The van der Waals surface area contributed by atoms with E-state index < -0.39 is 10.2 Å². The van der Waals surface area contributed by atoms with Crippen molar-refractivity contribution in [3.63, 3.8) is 0 Å². The maximum atomic E-state index is 8.49. The summed E-state index contributed by atoms with van der Waals surface area (Å²) in [5.41, 5.74) is 4.39. The summed E-state index contributed by atoms with van der Waals surface area (Å²) < 4.78 is 40.1. The van der Waals surface area contributed by atoms with Crippen LogP contribution in [0.4, 0.5) is 0 Å². The molecule has 0 atom stereocenters. The van der Waals surface area contributed by atoms with Crippen LogP contribution in [0.3, 0.4) is 0 Å². The van der Waals surface area contributed by atoms with Crippen molar-refractivity contribution in [2.45, 2.75) is 0 Å². The highest BCUT2D eigenvalue weighted by molar-refractivity contribution is 5.95. The lowest BCUT2D eigenvalue weighted by molar-refractivity contribution is -2.00. The van der Waals surface area contributed by atoms with Crippen LogP contribution in [0, 0.1) is 10.2 Å². The highest BCUT2D eigenvalue weighted by atomic mass is 35.7. The first-order valence-electron chi connectivity index (χ1n) is 8.00. The van der Waals surface area contributed by atoms with E-state index in [9.17, 15) is 0 Å². The van der Waals surface area contributed by atoms with Gasteiger partial charge in [-0.05, 0) is 23.8 Å². The number of hydrogen-bond acceptors (Lipinski definition) is 4. The lowest BCUT2D eigenvalue weighted by Gasteiger charge is -2.17. The quantitative estimate of drug-likeness (QED) is 0.486. The highest BCUT2D eigenvalue weighted by Crippen LogP contribution is 2.33. The predicted octanol–water partition coefficient (Wildman–Crippen LogP) is 1.29. The van der Waals surface area contributed by atoms with Gasteiger partial charge in [-0.15, -0.1) is 10.2 Å². The molecule has 5 nitrogen and oxygen atoms in total. The minimum atomic E-state index is -4.94. The molecule has 0 saturated carbocycles. The molecule has 4 rings (SSSR count). The minimum absolute atomic E-state index is 0.887. The molecule has 0 fully saturated rings. The van der Waals surface area contributed by atoms with Crippen LogP contribution in [0.25, 0.3) is 33.4 Å². The van der Waals surface area contributed by atoms with Crippen LogP contribution < -0.4 is 18.6 Å². The summed E-state index contributed by atoms with van der Waals surface area (Å²) in [6, 6.07) is 31.0. The molecule has 0 unspecified atom stereocenters. The zero-order valence-corrected chi connectivity index (χ0v) is 14.8. The van der Waals surface area contributed by atoms with Gasteiger partial charge in [0.25, 0.3) is 0 Å². The van der Waals surface area contributed by atoms with E-state index in [2.05, 4.69) is 48.5 Å². The van der Waals surface area contributed by atoms with Crippen molar-refractivity contribution in [3.05, 3.63) is 91.0 Å². The zero-order valence-electron chi connectivity index (χ0n) is 14.1. The third kappa shape index (κ3) is 5.34. The molecule has 0 aliphatic rings. The molecule has 0 amide bonds. The summed E-state index contributed by atoms with van der Waals surface area (Å²) >= 11 is 0. The van der Waals surface area contributed by atoms with Crippen LogP contribution in [-0.4, -0.2) is 0 Å². The second-order valence-electron chi connectivity index (χ2n) is 5.63. The summed E-state index contributed by atoms with van der Waals surface area (Å²) in [7, 11) is -4.94. The van der Waals surface area contributed by atoms with Gasteiger partial charge in [0, 0.05) is 11.6 Å². The largest absolute Gasteiger partial charge is 0.361 e. The smallest absolute Gasteiger partial charge is 0.222 e. The van der Waals surface area contributed by atoms with Crippen molar-refractivity contribution in [1.82, 2.24) is 0 Å². The fourth-order valence-electron chi connectivity index (χ4n) is 2.74. The van der Waals surface area contributed by atoms with Crippen molar-refractivity contribution in [3.8, 4) is 22.5 Å². The van der Waals surface area contributed by atoms with Crippen molar-refractivity contribution >= 4 is 11.0 Å². The Balaban J connectivity index is 0.000000376. The Morgan fingerprint density at radius 3 is 1.67 bits per heavy atom. The zero-order chi connectivity index (χ0) is 19.3. The second-order valence-corrected chi connectivity index (χ2v) is 6.39. The molecule has 0 saturated heterocycles. The van der Waals surface area contributed by atoms with Gasteiger partial charge in [-0.1, -0.05) is 60.7 Å². The van der Waals surface area contributed by atoms with E-state index in [1.165, 1.54) is 11.1 Å². The van der Waals surface area contributed by atoms with E-state index in [4.69, 9.17) is 23.1 Å². The highest BCUT2D eigenvalue weighted by Gasteiger charge is 2.19. The maximum absolute atomic E-state index is 8.49. The summed E-state index contributed by atoms with van der Waals surface area (Å²) in [6.45, 7) is 0. The standard InChI is InChI=1S/C21H15O.ClHO4/c1-3-9-16(10-4-1)19-15-21(17-11-5-2-6-12-17)22-20-14-8-7-13-18(19)20;2-1(3,4)5/h1-15H;(H,2,3,4,5)/q+1;/p-1. The van der Waals surface area contributed by atoms with Gasteiger partial charge in [0.15, 0.2) is 0 Å². The van der Waals surface area contributed by atoms with E-state index in [1.54, 1.807) is 0 Å². The van der Waals surface area contributed by atoms with Crippen LogP contribution in [0.5, 0.6) is 0 Å². The van der Waals surface area contributed by atoms with Gasteiger partial charge in [-0.3, -0.25) is 0 Å². The van der Waals surface area contributed by atoms with Gasteiger partial charge in [0.1, 0.15) is 0 Å². The second kappa shape index (κ2) is 8.26. The number of hydrogen-bond donors (Lipinski definition) is 0. The van der Waals surface area contributed by atoms with E-state index in [1.807, 2.05) is 42.5 Å². The fraction of sp³-hybridized carbons (Fsp3) is 0. The number of halogens is 1. The van der Waals surface area contributed by atoms with Gasteiger partial charge < -0.3 is 0 Å². The van der Waals surface area contributed by atoms with Crippen molar-refractivity contribution in [2.75, 3.05) is 0 Å². The summed E-state index contributed by atoms with van der Waals surface area (Å²) in [4.78, 5) is 0. The van der Waals surface area contributed by atoms with Gasteiger partial charge in [0.05, 0.1) is 17.0 Å². The first-order chi connectivity index (χ1) is 12.9. The van der Waals surface area contributed by atoms with E-state index in [0.29, 0.717) is 0 Å². The van der Waals surface area contributed by atoms with Crippen LogP contribution >= 0.6 is 0 Å². The van der Waals surface area contributed by atoms with Crippen molar-refractivity contribution in [2.24, 2.45) is 0 Å². The lowest BCUT2D eigenvalue weighted by atomic mass is 10.00. The van der Waals surface area contributed by atoms with Crippen LogP contribution in [0.15, 0.2) is 95.4 Å². The Kier molecular flexibility index (Phi) is 5.81. The van der Waals surface area contributed by atoms with Crippen LogP contribution in [0.1, 0.15) is 0 Å². The molecule has 1 aromatic heterocycles. The number of benzene rings is 3. The molecule has 0 N–H and O–H groups in total. The molecular weight excluding hydrogens is 368 g/mol. The third-order valence-corrected chi connectivity index (χ3v) is 3.82. The van der Waals surface area contributed by atoms with Gasteiger partial charge in [-0.2, -0.15) is 0 Å². The average Bonchev–Trinajstić information content (AvgIpc) is 2.67. The first kappa shape index (κ1) is 19.0. The SMILES string of the molecule is [O-][Cl+3]([O-])([O-])[O-].c1ccc(-c2cc(-c3ccccc3)c3ccccc3[o+]2)cc1. The Labute approximate surface area is 158 Å². The Hall–Kier alpha value is -2.80. The predicted molar refractivity (Wildman–Crippen MR) is 91.5 cm³/mol. The number of fused-ring (bicyclic) bond motifs is 1. The normalized spacial score (nSPS) is 11.0. The molecule has 6 heteroatoms. The molecule has 4 aromatic rings. The van der Waals surface area contributed by atoms with Crippen molar-refractivity contribution in [1.29, 1.82) is 0 Å². The van der Waals surface area contributed by atoms with Crippen LogP contribution in [0.2, 0.25) is 0 Å². The van der Waals surface area contributed by atoms with E-state index >= 15 is 0 Å². The monoisotopic (exact) mass is 382 g/mol. The third-order valence-electron chi connectivity index (χ3n) is 3.82. The maximum Gasteiger partial charge on any atom is 0.361 e. The van der Waals surface area contributed by atoms with E-state index in [-0.39, 0.29) is 0 Å². The van der Waals surface area contributed by atoms with Crippen LogP contribution in [-0.2, 0) is 0 Å². The average molecular weight is 383 g/mol. The molecular formula is C21H15ClO5. The molecule has 0 aliphatic carbocycles. The minimum Gasteiger partial charge on any atom is -0.222 e.